The van der Waals surface area contributed by atoms with Gasteiger partial charge in [-0.25, -0.2) is 0 Å². The van der Waals surface area contributed by atoms with Crippen molar-refractivity contribution in [1.29, 1.82) is 0 Å². The predicted molar refractivity (Wildman–Crippen MR) is 127 cm³/mol. The molecular weight excluding hydrogens is 432 g/mol. The number of rotatable bonds is 8. The van der Waals surface area contributed by atoms with E-state index in [0.717, 1.165) is 12.0 Å². The first-order valence-electron chi connectivity index (χ1n) is 11.1. The Morgan fingerprint density at radius 1 is 1.03 bits per heavy atom. The third kappa shape index (κ3) is 4.64. The summed E-state index contributed by atoms with van der Waals surface area (Å²) in [5.74, 6) is -0.310. The van der Waals surface area contributed by atoms with Crippen molar-refractivity contribution in [3.63, 3.8) is 0 Å². The first-order chi connectivity index (χ1) is 16.5. The van der Waals surface area contributed by atoms with Gasteiger partial charge in [0, 0.05) is 24.5 Å². The van der Waals surface area contributed by atoms with E-state index in [-0.39, 0.29) is 17.9 Å². The summed E-state index contributed by atoms with van der Waals surface area (Å²) in [7, 11) is 1.57. The van der Waals surface area contributed by atoms with Gasteiger partial charge in [-0.05, 0) is 60.0 Å². The standard InChI is InChI=1S/C27H26N2O5/c1-3-15-34-22-12-8-20(9-13-22)25(30)23-24(19-6-10-21(33-2)11-7-19)29(27(32)26(23)31)17-18-5-4-14-28-16-18/h4-14,16,24,30H,3,15,17H2,1-2H3/b25-23+/t24-/m1/s1. The number of ketones is 1. The molecule has 1 amide bonds. The van der Waals surface area contributed by atoms with Gasteiger partial charge in [0.1, 0.15) is 17.3 Å². The molecule has 1 fully saturated rings. The maximum atomic E-state index is 13.2. The topological polar surface area (TPSA) is 89.0 Å². The van der Waals surface area contributed by atoms with Crippen LogP contribution in [0.2, 0.25) is 0 Å². The molecule has 1 atom stereocenters. The number of methoxy groups -OCH3 is 1. The Balaban J connectivity index is 1.78. The van der Waals surface area contributed by atoms with Crippen LogP contribution < -0.4 is 9.47 Å². The number of benzene rings is 2. The molecule has 1 aliphatic rings. The molecule has 0 saturated carbocycles. The minimum Gasteiger partial charge on any atom is -0.507 e. The lowest BCUT2D eigenvalue weighted by Gasteiger charge is -2.25. The van der Waals surface area contributed by atoms with Crippen LogP contribution in [0, 0.1) is 0 Å². The zero-order valence-electron chi connectivity index (χ0n) is 19.1. The van der Waals surface area contributed by atoms with E-state index in [2.05, 4.69) is 4.98 Å². The number of aliphatic hydroxyl groups excluding tert-OH is 1. The van der Waals surface area contributed by atoms with Crippen LogP contribution in [0.4, 0.5) is 0 Å². The van der Waals surface area contributed by atoms with E-state index in [1.54, 1.807) is 74.1 Å². The lowest BCUT2D eigenvalue weighted by atomic mass is 9.95. The second kappa shape index (κ2) is 10.2. The number of carbonyl (C=O) groups is 2. The Labute approximate surface area is 198 Å². The SMILES string of the molecule is CCCOc1ccc(/C(O)=C2\C(=O)C(=O)N(Cc3cccnc3)[C@@H]2c2ccc(OC)cc2)cc1. The molecule has 34 heavy (non-hydrogen) atoms. The smallest absolute Gasteiger partial charge is 0.295 e. The van der Waals surface area contributed by atoms with Gasteiger partial charge < -0.3 is 19.5 Å². The van der Waals surface area contributed by atoms with Crippen molar-refractivity contribution in [1.82, 2.24) is 9.88 Å². The fraction of sp³-hybridized carbons (Fsp3) is 0.222. The number of carbonyl (C=O) groups excluding carboxylic acids is 2. The average molecular weight is 459 g/mol. The lowest BCUT2D eigenvalue weighted by Crippen LogP contribution is -2.29. The zero-order valence-corrected chi connectivity index (χ0v) is 19.1. The molecule has 7 nitrogen and oxygen atoms in total. The minimum absolute atomic E-state index is 0.0429. The highest BCUT2D eigenvalue weighted by Gasteiger charge is 2.46. The second-order valence-corrected chi connectivity index (χ2v) is 7.93. The Hall–Kier alpha value is -4.13. The van der Waals surface area contributed by atoms with Gasteiger partial charge in [0.2, 0.25) is 0 Å². The number of pyridine rings is 1. The largest absolute Gasteiger partial charge is 0.507 e. The Bertz CT molecular complexity index is 1190. The maximum absolute atomic E-state index is 13.2. The van der Waals surface area contributed by atoms with Gasteiger partial charge in [-0.1, -0.05) is 25.1 Å². The number of aromatic nitrogens is 1. The van der Waals surface area contributed by atoms with E-state index < -0.39 is 17.7 Å². The van der Waals surface area contributed by atoms with Crippen molar-refractivity contribution in [3.8, 4) is 11.5 Å². The summed E-state index contributed by atoms with van der Waals surface area (Å²) in [6.45, 7) is 2.78. The second-order valence-electron chi connectivity index (χ2n) is 7.93. The lowest BCUT2D eigenvalue weighted by molar-refractivity contribution is -0.140. The van der Waals surface area contributed by atoms with Crippen LogP contribution in [-0.2, 0) is 16.1 Å². The third-order valence-electron chi connectivity index (χ3n) is 5.65. The van der Waals surface area contributed by atoms with Crippen molar-refractivity contribution in [2.75, 3.05) is 13.7 Å². The van der Waals surface area contributed by atoms with Gasteiger partial charge in [-0.3, -0.25) is 14.6 Å². The highest BCUT2D eigenvalue weighted by molar-refractivity contribution is 6.46. The monoisotopic (exact) mass is 458 g/mol. The summed E-state index contributed by atoms with van der Waals surface area (Å²) < 4.78 is 10.9. The van der Waals surface area contributed by atoms with Gasteiger partial charge in [-0.2, -0.15) is 0 Å². The van der Waals surface area contributed by atoms with Crippen LogP contribution in [0.25, 0.3) is 5.76 Å². The van der Waals surface area contributed by atoms with Gasteiger partial charge in [0.15, 0.2) is 0 Å². The number of nitrogens with zero attached hydrogens (tertiary/aromatic N) is 2. The van der Waals surface area contributed by atoms with Gasteiger partial charge in [0.25, 0.3) is 11.7 Å². The highest BCUT2D eigenvalue weighted by Crippen LogP contribution is 2.40. The number of hydrogen-bond acceptors (Lipinski definition) is 6. The summed E-state index contributed by atoms with van der Waals surface area (Å²) >= 11 is 0. The fourth-order valence-electron chi connectivity index (χ4n) is 3.95. The van der Waals surface area contributed by atoms with Crippen LogP contribution >= 0.6 is 0 Å². The molecule has 0 radical (unpaired) electrons. The number of ether oxygens (including phenoxy) is 2. The van der Waals surface area contributed by atoms with Gasteiger partial charge in [-0.15, -0.1) is 0 Å². The van der Waals surface area contributed by atoms with Crippen LogP contribution in [0.5, 0.6) is 11.5 Å². The molecule has 1 aliphatic heterocycles. The molecule has 4 rings (SSSR count). The first-order valence-corrected chi connectivity index (χ1v) is 11.1. The highest BCUT2D eigenvalue weighted by atomic mass is 16.5. The van der Waals surface area contributed by atoms with E-state index in [1.807, 2.05) is 13.0 Å². The Morgan fingerprint density at radius 3 is 2.35 bits per heavy atom. The summed E-state index contributed by atoms with van der Waals surface area (Å²) in [6.07, 6.45) is 4.18. The molecule has 0 spiro atoms. The number of hydrogen-bond donors (Lipinski definition) is 1. The van der Waals surface area contributed by atoms with Gasteiger partial charge >= 0.3 is 0 Å². The van der Waals surface area contributed by atoms with Crippen LogP contribution in [0.3, 0.4) is 0 Å². The molecule has 7 heteroatoms. The van der Waals surface area contributed by atoms with E-state index in [4.69, 9.17) is 9.47 Å². The van der Waals surface area contributed by atoms with E-state index >= 15 is 0 Å². The summed E-state index contributed by atoms with van der Waals surface area (Å²) in [5, 5.41) is 11.2. The predicted octanol–water partition coefficient (Wildman–Crippen LogP) is 4.50. The fourth-order valence-corrected chi connectivity index (χ4v) is 3.95. The molecule has 0 unspecified atom stereocenters. The Kier molecular flexibility index (Phi) is 6.92. The Morgan fingerprint density at radius 2 is 1.74 bits per heavy atom. The van der Waals surface area contributed by atoms with Crippen LogP contribution in [-0.4, -0.2) is 40.4 Å². The number of Topliss-reactive ketones (excluding diaryl/α,β-unsaturated/α-hetero) is 1. The molecule has 1 saturated heterocycles. The molecule has 1 N–H and O–H groups in total. The number of aliphatic hydroxyl groups is 1. The number of amides is 1. The van der Waals surface area contributed by atoms with E-state index in [0.29, 0.717) is 29.2 Å². The molecule has 0 bridgehead atoms. The van der Waals surface area contributed by atoms with Crippen LogP contribution in [0.1, 0.15) is 36.1 Å². The quantitative estimate of drug-likeness (QED) is 0.304. The minimum atomic E-state index is -0.762. The molecule has 1 aromatic heterocycles. The van der Waals surface area contributed by atoms with Crippen molar-refractivity contribution in [2.45, 2.75) is 25.9 Å². The van der Waals surface area contributed by atoms with E-state index in [1.165, 1.54) is 4.90 Å². The van der Waals surface area contributed by atoms with E-state index in [9.17, 15) is 14.7 Å². The summed E-state index contributed by atoms with van der Waals surface area (Å²) in [6, 6.07) is 16.8. The molecule has 2 heterocycles. The van der Waals surface area contributed by atoms with Crippen molar-refractivity contribution >= 4 is 17.4 Å². The molecule has 174 valence electrons. The molecule has 0 aliphatic carbocycles. The molecule has 3 aromatic rings. The van der Waals surface area contributed by atoms with Crippen molar-refractivity contribution in [2.24, 2.45) is 0 Å². The van der Waals surface area contributed by atoms with Crippen LogP contribution in [0.15, 0.2) is 78.6 Å². The molecular formula is C27H26N2O5. The maximum Gasteiger partial charge on any atom is 0.295 e. The summed E-state index contributed by atoms with van der Waals surface area (Å²) in [4.78, 5) is 31.8. The van der Waals surface area contributed by atoms with Gasteiger partial charge in [0.05, 0.1) is 25.3 Å². The summed E-state index contributed by atoms with van der Waals surface area (Å²) in [5.41, 5.74) is 1.94. The van der Waals surface area contributed by atoms with Crippen molar-refractivity contribution in [3.05, 3.63) is 95.3 Å². The third-order valence-corrected chi connectivity index (χ3v) is 5.65. The zero-order chi connectivity index (χ0) is 24.1. The average Bonchev–Trinajstić information content (AvgIpc) is 3.13. The first kappa shape index (κ1) is 23.0. The van der Waals surface area contributed by atoms with Crippen molar-refractivity contribution < 1.29 is 24.2 Å². The number of likely N-dealkylation sites (tertiary alicyclic amines) is 1. The normalized spacial score (nSPS) is 17.1. The molecule has 2 aromatic carbocycles.